The zero-order valence-corrected chi connectivity index (χ0v) is 15.4. The summed E-state index contributed by atoms with van der Waals surface area (Å²) in [5.74, 6) is 0. The molecule has 3 N–H and O–H groups in total. The van der Waals surface area contributed by atoms with Crippen molar-refractivity contribution in [3.8, 4) is 0 Å². The molecule has 25 heavy (non-hydrogen) atoms. The van der Waals surface area contributed by atoms with Gasteiger partial charge in [-0.25, -0.2) is 0 Å². The molecule has 0 atom stereocenters. The van der Waals surface area contributed by atoms with E-state index < -0.39 is 0 Å². The monoisotopic (exact) mass is 338 g/mol. The van der Waals surface area contributed by atoms with E-state index in [1.165, 1.54) is 16.7 Å². The first-order valence-electron chi connectivity index (χ1n) is 8.97. The van der Waals surface area contributed by atoms with Gasteiger partial charge in [0.05, 0.1) is 0 Å². The van der Waals surface area contributed by atoms with Crippen LogP contribution in [0.15, 0.2) is 59.3 Å². The normalized spacial score (nSPS) is 22.1. The predicted molar refractivity (Wildman–Crippen MR) is 110 cm³/mol. The molecule has 0 amide bonds. The quantitative estimate of drug-likeness (QED) is 0.686. The molecule has 4 nitrogen and oxygen atoms in total. The number of rotatable bonds is 1. The van der Waals surface area contributed by atoms with Gasteiger partial charge in [0.25, 0.3) is 0 Å². The van der Waals surface area contributed by atoms with Crippen LogP contribution >= 0.6 is 0 Å². The van der Waals surface area contributed by atoms with Gasteiger partial charge < -0.3 is 16.0 Å². The van der Waals surface area contributed by atoms with Gasteiger partial charge in [0.2, 0.25) is 0 Å². The molecule has 134 valence electrons. The van der Waals surface area contributed by atoms with Crippen LogP contribution in [-0.2, 0) is 0 Å². The molecule has 0 saturated heterocycles. The molecule has 0 radical (unpaired) electrons. The maximum absolute atomic E-state index is 4.25. The maximum Gasteiger partial charge on any atom is 0.0346 e. The van der Waals surface area contributed by atoms with Crippen LogP contribution in [0.25, 0.3) is 5.57 Å². The summed E-state index contributed by atoms with van der Waals surface area (Å²) in [6.07, 6.45) is 8.12. The number of fused-ring (bicyclic) bond motifs is 2. The Morgan fingerprint density at radius 3 is 2.84 bits per heavy atom. The lowest BCUT2D eigenvalue weighted by Gasteiger charge is -2.11. The number of benzene rings is 1. The van der Waals surface area contributed by atoms with Crippen molar-refractivity contribution in [1.29, 1.82) is 0 Å². The third-order valence-electron chi connectivity index (χ3n) is 4.15. The van der Waals surface area contributed by atoms with Gasteiger partial charge >= 0.3 is 0 Å². The highest BCUT2D eigenvalue weighted by Crippen LogP contribution is 2.22. The molecule has 0 saturated carbocycles. The smallest absolute Gasteiger partial charge is 0.0346 e. The molecule has 0 fully saturated rings. The van der Waals surface area contributed by atoms with Gasteiger partial charge in [-0.3, -0.25) is 4.99 Å². The van der Waals surface area contributed by atoms with Crippen LogP contribution in [0.3, 0.4) is 0 Å². The lowest BCUT2D eigenvalue weighted by Crippen LogP contribution is -2.27. The number of nitrogens with one attached hydrogen (secondary N) is 3. The van der Waals surface area contributed by atoms with Crippen molar-refractivity contribution in [2.45, 2.75) is 19.8 Å². The molecule has 1 aliphatic rings. The van der Waals surface area contributed by atoms with Gasteiger partial charge in [-0.05, 0) is 55.7 Å². The SMILES string of the molecule is C=C1/C=C\C/C(C)=C(\C=N/C)c2cccc(c2)NCCCNCCN1. The fourth-order valence-corrected chi connectivity index (χ4v) is 2.79. The Bertz CT molecular complexity index is 656. The molecule has 0 aliphatic carbocycles. The van der Waals surface area contributed by atoms with E-state index in [1.807, 2.05) is 13.3 Å². The minimum atomic E-state index is 0.873. The lowest BCUT2D eigenvalue weighted by molar-refractivity contribution is 0.638. The molecule has 1 heterocycles. The van der Waals surface area contributed by atoms with E-state index in [0.717, 1.165) is 50.4 Å². The highest BCUT2D eigenvalue weighted by Gasteiger charge is 2.05. The third kappa shape index (κ3) is 6.59. The van der Waals surface area contributed by atoms with Crippen LogP contribution in [0.2, 0.25) is 0 Å². The second kappa shape index (κ2) is 10.5. The number of aliphatic imine (C=N–C) groups is 1. The molecule has 0 unspecified atom stereocenters. The number of hydrogen-bond donors (Lipinski definition) is 3. The Morgan fingerprint density at radius 1 is 1.12 bits per heavy atom. The van der Waals surface area contributed by atoms with Crippen LogP contribution in [0.1, 0.15) is 25.3 Å². The molecule has 1 aromatic carbocycles. The highest BCUT2D eigenvalue weighted by atomic mass is 14.9. The Balaban J connectivity index is 2.27. The highest BCUT2D eigenvalue weighted by molar-refractivity contribution is 6.11. The number of anilines is 1. The number of hydrogen-bond acceptors (Lipinski definition) is 4. The molecule has 2 rings (SSSR count). The second-order valence-electron chi connectivity index (χ2n) is 6.25. The van der Waals surface area contributed by atoms with Gasteiger partial charge in [0, 0.05) is 44.3 Å². The van der Waals surface area contributed by atoms with E-state index in [0.29, 0.717) is 0 Å². The molecule has 0 aromatic heterocycles. The van der Waals surface area contributed by atoms with Gasteiger partial charge in [-0.15, -0.1) is 0 Å². The van der Waals surface area contributed by atoms with Crippen molar-refractivity contribution in [3.05, 3.63) is 59.8 Å². The van der Waals surface area contributed by atoms with Crippen LogP contribution in [0.4, 0.5) is 5.69 Å². The fraction of sp³-hybridized carbons (Fsp3) is 0.381. The summed E-state index contributed by atoms with van der Waals surface area (Å²) >= 11 is 0. The lowest BCUT2D eigenvalue weighted by atomic mass is 9.99. The van der Waals surface area contributed by atoms with Crippen molar-refractivity contribution in [2.24, 2.45) is 4.99 Å². The average Bonchev–Trinajstić information content (AvgIpc) is 2.61. The molecule has 1 aromatic rings. The first-order valence-corrected chi connectivity index (χ1v) is 8.97. The van der Waals surface area contributed by atoms with Gasteiger partial charge in [-0.2, -0.15) is 0 Å². The summed E-state index contributed by atoms with van der Waals surface area (Å²) in [7, 11) is 1.82. The standard InChI is InChI=1S/C21H30N4/c1-17-7-4-8-18(2)24-14-13-23-11-6-12-25-20-10-5-9-19(15-20)21(17)16-22-3/h4-5,8-10,15-16,23-25H,2,6-7,11-14H2,1,3H3/b8-4-,21-17+,22-16-. The van der Waals surface area contributed by atoms with Gasteiger partial charge in [0.15, 0.2) is 0 Å². The zero-order chi connectivity index (χ0) is 17.9. The minimum Gasteiger partial charge on any atom is -0.385 e. The Morgan fingerprint density at radius 2 is 2.00 bits per heavy atom. The molecular weight excluding hydrogens is 308 g/mol. The summed E-state index contributed by atoms with van der Waals surface area (Å²) in [6, 6.07) is 8.57. The molecule has 0 spiro atoms. The fourth-order valence-electron chi connectivity index (χ4n) is 2.79. The zero-order valence-electron chi connectivity index (χ0n) is 15.4. The Labute approximate surface area is 151 Å². The summed E-state index contributed by atoms with van der Waals surface area (Å²) in [5, 5.41) is 10.3. The number of nitrogens with zero attached hydrogens (tertiary/aromatic N) is 1. The van der Waals surface area contributed by atoms with E-state index in [-0.39, 0.29) is 0 Å². The van der Waals surface area contributed by atoms with Crippen LogP contribution in [0.5, 0.6) is 0 Å². The Hall–Kier alpha value is -2.33. The minimum absolute atomic E-state index is 0.873. The topological polar surface area (TPSA) is 48.5 Å². The maximum atomic E-state index is 4.25. The first-order chi connectivity index (χ1) is 12.2. The largest absolute Gasteiger partial charge is 0.385 e. The van der Waals surface area contributed by atoms with Crippen molar-refractivity contribution in [3.63, 3.8) is 0 Å². The summed E-state index contributed by atoms with van der Waals surface area (Å²) in [5.41, 5.74) is 5.77. The average molecular weight is 338 g/mol. The summed E-state index contributed by atoms with van der Waals surface area (Å²) in [6.45, 7) is 10.0. The second-order valence-corrected chi connectivity index (χ2v) is 6.25. The summed E-state index contributed by atoms with van der Waals surface area (Å²) in [4.78, 5) is 4.25. The van der Waals surface area contributed by atoms with E-state index in [9.17, 15) is 0 Å². The van der Waals surface area contributed by atoms with E-state index in [4.69, 9.17) is 0 Å². The van der Waals surface area contributed by atoms with Crippen LogP contribution in [-0.4, -0.2) is 39.4 Å². The Kier molecular flexibility index (Phi) is 7.99. The molecule has 2 bridgehead atoms. The van der Waals surface area contributed by atoms with E-state index >= 15 is 0 Å². The molecule has 4 heteroatoms. The van der Waals surface area contributed by atoms with Gasteiger partial charge in [0.1, 0.15) is 0 Å². The van der Waals surface area contributed by atoms with Crippen molar-refractivity contribution in [1.82, 2.24) is 10.6 Å². The van der Waals surface area contributed by atoms with Crippen molar-refractivity contribution >= 4 is 17.5 Å². The molecular formula is C21H30N4. The molecule has 1 aliphatic heterocycles. The first kappa shape index (κ1) is 19.0. The van der Waals surface area contributed by atoms with Gasteiger partial charge in [-0.1, -0.05) is 30.4 Å². The summed E-state index contributed by atoms with van der Waals surface area (Å²) < 4.78 is 0. The van der Waals surface area contributed by atoms with Crippen LogP contribution in [0, 0.1) is 0 Å². The predicted octanol–water partition coefficient (Wildman–Crippen LogP) is 3.62. The van der Waals surface area contributed by atoms with E-state index in [2.05, 4.69) is 70.9 Å². The van der Waals surface area contributed by atoms with Crippen molar-refractivity contribution in [2.75, 3.05) is 38.5 Å². The van der Waals surface area contributed by atoms with E-state index in [1.54, 1.807) is 0 Å². The number of allylic oxidation sites excluding steroid dienone is 4. The van der Waals surface area contributed by atoms with Crippen LogP contribution < -0.4 is 16.0 Å². The van der Waals surface area contributed by atoms with Crippen molar-refractivity contribution < 1.29 is 0 Å². The third-order valence-corrected chi connectivity index (χ3v) is 4.15.